The average Bonchev–Trinajstić information content (AvgIpc) is 2.40. The van der Waals surface area contributed by atoms with Crippen LogP contribution in [-0.2, 0) is 9.53 Å². The predicted octanol–water partition coefficient (Wildman–Crippen LogP) is 2.10. The summed E-state index contributed by atoms with van der Waals surface area (Å²) in [5.74, 6) is -0.368. The van der Waals surface area contributed by atoms with Gasteiger partial charge >= 0.3 is 5.97 Å². The molecule has 0 aromatic heterocycles. The van der Waals surface area contributed by atoms with E-state index in [1.165, 1.54) is 12.7 Å². The third-order valence-electron chi connectivity index (χ3n) is 3.33. The Balaban J connectivity index is 2.68. The predicted molar refractivity (Wildman–Crippen MR) is 78.3 cm³/mol. The second-order valence-corrected chi connectivity index (χ2v) is 5.07. The van der Waals surface area contributed by atoms with Gasteiger partial charge in [0, 0.05) is 18.8 Å². The van der Waals surface area contributed by atoms with Crippen molar-refractivity contribution in [3.63, 3.8) is 0 Å². The van der Waals surface area contributed by atoms with Gasteiger partial charge in [0.2, 0.25) is 0 Å². The van der Waals surface area contributed by atoms with Crippen molar-refractivity contribution in [2.75, 3.05) is 25.1 Å². The Hall–Kier alpha value is -1.55. The first-order chi connectivity index (χ1) is 8.90. The number of rotatable bonds is 6. The van der Waals surface area contributed by atoms with Crippen LogP contribution in [0.3, 0.4) is 0 Å². The van der Waals surface area contributed by atoms with E-state index in [2.05, 4.69) is 43.0 Å². The zero-order valence-electron chi connectivity index (χ0n) is 12.3. The summed E-state index contributed by atoms with van der Waals surface area (Å²) in [4.78, 5) is 13.8. The van der Waals surface area contributed by atoms with Crippen LogP contribution in [0, 0.1) is 6.92 Å². The number of carbonyl (C=O) groups is 1. The number of esters is 1. The molecule has 1 atom stereocenters. The van der Waals surface area contributed by atoms with Gasteiger partial charge < -0.3 is 15.4 Å². The number of nitrogens with two attached hydrogens (primary N) is 1. The van der Waals surface area contributed by atoms with Crippen molar-refractivity contribution in [1.29, 1.82) is 0 Å². The first-order valence-corrected chi connectivity index (χ1v) is 6.59. The van der Waals surface area contributed by atoms with Gasteiger partial charge in [0.15, 0.2) is 0 Å². The van der Waals surface area contributed by atoms with Gasteiger partial charge in [-0.05, 0) is 39.3 Å². The lowest BCUT2D eigenvalue weighted by Gasteiger charge is -2.28. The minimum atomic E-state index is -0.938. The third-order valence-corrected chi connectivity index (χ3v) is 3.33. The number of methoxy groups -OCH3 is 1. The quantitative estimate of drug-likeness (QED) is 0.799. The van der Waals surface area contributed by atoms with E-state index in [-0.39, 0.29) is 5.97 Å². The van der Waals surface area contributed by atoms with Crippen molar-refractivity contribution in [1.82, 2.24) is 0 Å². The lowest BCUT2D eigenvalue weighted by atomic mass is 9.99. The minimum absolute atomic E-state index is 0.368. The van der Waals surface area contributed by atoms with E-state index in [4.69, 9.17) is 10.5 Å². The Kier molecular flexibility index (Phi) is 5.36. The molecular weight excluding hydrogens is 240 g/mol. The van der Waals surface area contributed by atoms with Gasteiger partial charge in [-0.1, -0.05) is 17.7 Å². The summed E-state index contributed by atoms with van der Waals surface area (Å²) >= 11 is 0. The van der Waals surface area contributed by atoms with Gasteiger partial charge in [0.1, 0.15) is 5.54 Å². The molecule has 0 saturated heterocycles. The molecule has 1 aromatic rings. The standard InChI is InChI=1S/C15H24N2O2/c1-5-17(13-8-6-12(2)7-9-13)11-10-15(3,16)14(18)19-4/h6-9H,5,10-11,16H2,1-4H3. The van der Waals surface area contributed by atoms with Gasteiger partial charge in [0.25, 0.3) is 0 Å². The number of ether oxygens (including phenoxy) is 1. The Morgan fingerprint density at radius 3 is 2.42 bits per heavy atom. The second-order valence-electron chi connectivity index (χ2n) is 5.07. The molecule has 1 rings (SSSR count). The molecule has 106 valence electrons. The molecule has 4 nitrogen and oxygen atoms in total. The lowest BCUT2D eigenvalue weighted by Crippen LogP contribution is -2.48. The number of carbonyl (C=O) groups excluding carboxylic acids is 1. The monoisotopic (exact) mass is 264 g/mol. The van der Waals surface area contributed by atoms with Crippen molar-refractivity contribution in [3.8, 4) is 0 Å². The van der Waals surface area contributed by atoms with Crippen molar-refractivity contribution in [3.05, 3.63) is 29.8 Å². The molecule has 0 bridgehead atoms. The minimum Gasteiger partial charge on any atom is -0.468 e. The first-order valence-electron chi connectivity index (χ1n) is 6.59. The van der Waals surface area contributed by atoms with Gasteiger partial charge in [0.05, 0.1) is 7.11 Å². The molecule has 0 aliphatic heterocycles. The number of anilines is 1. The van der Waals surface area contributed by atoms with E-state index in [1.54, 1.807) is 6.92 Å². The number of aryl methyl sites for hydroxylation is 1. The Labute approximate surface area is 115 Å². The number of nitrogens with zero attached hydrogens (tertiary/aromatic N) is 1. The van der Waals surface area contributed by atoms with Crippen LogP contribution in [0.1, 0.15) is 25.8 Å². The molecular formula is C15H24N2O2. The van der Waals surface area contributed by atoms with Crippen LogP contribution in [0.25, 0.3) is 0 Å². The largest absolute Gasteiger partial charge is 0.468 e. The number of hydrogen-bond acceptors (Lipinski definition) is 4. The van der Waals surface area contributed by atoms with E-state index >= 15 is 0 Å². The fourth-order valence-corrected chi connectivity index (χ4v) is 1.93. The molecule has 0 aliphatic rings. The highest BCUT2D eigenvalue weighted by Gasteiger charge is 2.29. The molecule has 2 N–H and O–H groups in total. The molecule has 0 spiro atoms. The summed E-state index contributed by atoms with van der Waals surface area (Å²) in [5.41, 5.74) is 7.42. The molecule has 0 radical (unpaired) electrons. The Morgan fingerprint density at radius 1 is 1.37 bits per heavy atom. The van der Waals surface area contributed by atoms with E-state index < -0.39 is 5.54 Å². The van der Waals surface area contributed by atoms with Crippen molar-refractivity contribution in [2.45, 2.75) is 32.7 Å². The molecule has 1 unspecified atom stereocenters. The van der Waals surface area contributed by atoms with Crippen LogP contribution in [-0.4, -0.2) is 31.7 Å². The maximum Gasteiger partial charge on any atom is 0.325 e. The summed E-state index contributed by atoms with van der Waals surface area (Å²) in [5, 5.41) is 0. The highest BCUT2D eigenvalue weighted by molar-refractivity contribution is 5.79. The van der Waals surface area contributed by atoms with E-state index in [0.29, 0.717) is 6.42 Å². The summed E-state index contributed by atoms with van der Waals surface area (Å²) in [6, 6.07) is 8.34. The van der Waals surface area contributed by atoms with Crippen LogP contribution in [0.4, 0.5) is 5.69 Å². The SMILES string of the molecule is CCN(CCC(C)(N)C(=O)OC)c1ccc(C)cc1. The normalized spacial score (nSPS) is 13.7. The van der Waals surface area contributed by atoms with Crippen LogP contribution in [0.2, 0.25) is 0 Å². The first kappa shape index (κ1) is 15.5. The Morgan fingerprint density at radius 2 is 1.95 bits per heavy atom. The fourth-order valence-electron chi connectivity index (χ4n) is 1.93. The fraction of sp³-hybridized carbons (Fsp3) is 0.533. The molecule has 0 fully saturated rings. The van der Waals surface area contributed by atoms with E-state index in [9.17, 15) is 4.79 Å². The number of hydrogen-bond donors (Lipinski definition) is 1. The maximum absolute atomic E-state index is 11.5. The van der Waals surface area contributed by atoms with Crippen molar-refractivity contribution < 1.29 is 9.53 Å². The van der Waals surface area contributed by atoms with Gasteiger partial charge in [-0.2, -0.15) is 0 Å². The van der Waals surface area contributed by atoms with Gasteiger partial charge in [-0.15, -0.1) is 0 Å². The maximum atomic E-state index is 11.5. The summed E-state index contributed by atoms with van der Waals surface area (Å²) in [6.45, 7) is 7.46. The second kappa shape index (κ2) is 6.57. The zero-order chi connectivity index (χ0) is 14.5. The lowest BCUT2D eigenvalue weighted by molar-refractivity contribution is -0.146. The molecule has 19 heavy (non-hydrogen) atoms. The molecule has 1 aromatic carbocycles. The number of benzene rings is 1. The van der Waals surface area contributed by atoms with Crippen molar-refractivity contribution >= 4 is 11.7 Å². The van der Waals surface area contributed by atoms with E-state index in [1.807, 2.05) is 0 Å². The topological polar surface area (TPSA) is 55.6 Å². The zero-order valence-corrected chi connectivity index (χ0v) is 12.3. The molecule has 4 heteroatoms. The molecule has 0 heterocycles. The molecule has 0 aliphatic carbocycles. The summed E-state index contributed by atoms with van der Waals surface area (Å²) < 4.78 is 4.72. The van der Waals surface area contributed by atoms with Gasteiger partial charge in [-0.3, -0.25) is 4.79 Å². The smallest absolute Gasteiger partial charge is 0.325 e. The highest BCUT2D eigenvalue weighted by Crippen LogP contribution is 2.17. The van der Waals surface area contributed by atoms with Crippen LogP contribution in [0.5, 0.6) is 0 Å². The Bertz CT molecular complexity index is 413. The van der Waals surface area contributed by atoms with Crippen LogP contribution >= 0.6 is 0 Å². The molecule has 0 saturated carbocycles. The average molecular weight is 264 g/mol. The van der Waals surface area contributed by atoms with E-state index in [0.717, 1.165) is 18.8 Å². The van der Waals surface area contributed by atoms with Crippen LogP contribution < -0.4 is 10.6 Å². The van der Waals surface area contributed by atoms with Crippen molar-refractivity contribution in [2.24, 2.45) is 5.73 Å². The van der Waals surface area contributed by atoms with Crippen LogP contribution in [0.15, 0.2) is 24.3 Å². The summed E-state index contributed by atoms with van der Waals surface area (Å²) in [7, 11) is 1.37. The highest BCUT2D eigenvalue weighted by atomic mass is 16.5. The third kappa shape index (κ3) is 4.24. The van der Waals surface area contributed by atoms with Gasteiger partial charge in [-0.25, -0.2) is 0 Å². The summed E-state index contributed by atoms with van der Waals surface area (Å²) in [6.07, 6.45) is 0.557. The molecule has 0 amide bonds.